The summed E-state index contributed by atoms with van der Waals surface area (Å²) >= 11 is 0. The number of nitrogens with one attached hydrogen (secondary N) is 2. The summed E-state index contributed by atoms with van der Waals surface area (Å²) in [5.41, 5.74) is -0.0379. The summed E-state index contributed by atoms with van der Waals surface area (Å²) in [4.78, 5) is 46.3. The van der Waals surface area contributed by atoms with Gasteiger partial charge in [-0.05, 0) is 19.1 Å². The Morgan fingerprint density at radius 2 is 1.93 bits per heavy atom. The molecule has 1 aliphatic rings. The van der Waals surface area contributed by atoms with E-state index in [0.717, 1.165) is 18.2 Å². The SMILES string of the molecule is Cc1[nH]c(=O)[nH]c(=O)c1CC(=O)N1CCc2oc(-c3cc(F)cc(F)c3)nc2C1. The maximum Gasteiger partial charge on any atom is 0.325 e. The number of hydrogen-bond donors (Lipinski definition) is 2. The third-order valence-corrected chi connectivity index (χ3v) is 4.77. The fourth-order valence-corrected chi connectivity index (χ4v) is 3.31. The zero-order chi connectivity index (χ0) is 20.7. The van der Waals surface area contributed by atoms with E-state index in [1.165, 1.54) is 4.90 Å². The van der Waals surface area contributed by atoms with Crippen LogP contribution < -0.4 is 11.2 Å². The summed E-state index contributed by atoms with van der Waals surface area (Å²) in [6.45, 7) is 2.05. The van der Waals surface area contributed by atoms with Crippen LogP contribution in [0.4, 0.5) is 8.78 Å². The van der Waals surface area contributed by atoms with E-state index in [4.69, 9.17) is 4.42 Å². The van der Waals surface area contributed by atoms with Crippen molar-refractivity contribution in [3.05, 3.63) is 73.4 Å². The van der Waals surface area contributed by atoms with Crippen molar-refractivity contribution in [3.8, 4) is 11.5 Å². The van der Waals surface area contributed by atoms with E-state index >= 15 is 0 Å². The van der Waals surface area contributed by atoms with Crippen molar-refractivity contribution in [3.63, 3.8) is 0 Å². The summed E-state index contributed by atoms with van der Waals surface area (Å²) in [5.74, 6) is -1.16. The smallest absolute Gasteiger partial charge is 0.325 e. The number of fused-ring (bicyclic) bond motifs is 1. The van der Waals surface area contributed by atoms with Gasteiger partial charge in [0.1, 0.15) is 23.1 Å². The highest BCUT2D eigenvalue weighted by Crippen LogP contribution is 2.27. The predicted molar refractivity (Wildman–Crippen MR) is 97.1 cm³/mol. The molecule has 0 atom stereocenters. The van der Waals surface area contributed by atoms with Gasteiger partial charge in [0.25, 0.3) is 5.56 Å². The molecule has 0 aliphatic carbocycles. The normalized spacial score (nSPS) is 13.4. The minimum Gasteiger partial charge on any atom is -0.441 e. The first-order valence-corrected chi connectivity index (χ1v) is 8.85. The minimum atomic E-state index is -0.741. The van der Waals surface area contributed by atoms with Crippen LogP contribution in [0.1, 0.15) is 22.7 Å². The van der Waals surface area contributed by atoms with Crippen LogP contribution in [0.5, 0.6) is 0 Å². The van der Waals surface area contributed by atoms with Crippen molar-refractivity contribution >= 4 is 5.91 Å². The summed E-state index contributed by atoms with van der Waals surface area (Å²) in [5, 5.41) is 0. The lowest BCUT2D eigenvalue weighted by molar-refractivity contribution is -0.131. The summed E-state index contributed by atoms with van der Waals surface area (Å²) in [6, 6.07) is 3.00. The zero-order valence-electron chi connectivity index (χ0n) is 15.3. The van der Waals surface area contributed by atoms with E-state index in [1.54, 1.807) is 6.92 Å². The molecule has 0 spiro atoms. The number of nitrogens with zero attached hydrogens (tertiary/aromatic N) is 2. The lowest BCUT2D eigenvalue weighted by Gasteiger charge is -2.25. The molecule has 1 aromatic carbocycles. The molecular weight excluding hydrogens is 386 g/mol. The number of H-pyrrole nitrogens is 2. The Labute approximate surface area is 162 Å². The molecule has 3 heterocycles. The van der Waals surface area contributed by atoms with Crippen LogP contribution in [-0.2, 0) is 24.2 Å². The van der Waals surface area contributed by atoms with E-state index < -0.39 is 22.9 Å². The molecule has 150 valence electrons. The maximum atomic E-state index is 13.4. The van der Waals surface area contributed by atoms with E-state index in [9.17, 15) is 23.2 Å². The third-order valence-electron chi connectivity index (χ3n) is 4.77. The molecule has 0 saturated carbocycles. The number of oxazole rings is 1. The number of aryl methyl sites for hydroxylation is 1. The van der Waals surface area contributed by atoms with Crippen LogP contribution in [0.25, 0.3) is 11.5 Å². The Bertz CT molecular complexity index is 1210. The third kappa shape index (κ3) is 3.73. The molecule has 0 unspecified atom stereocenters. The van der Waals surface area contributed by atoms with E-state index in [0.29, 0.717) is 30.1 Å². The van der Waals surface area contributed by atoms with Gasteiger partial charge in [-0.25, -0.2) is 18.6 Å². The fraction of sp³-hybridized carbons (Fsp3) is 0.263. The largest absolute Gasteiger partial charge is 0.441 e. The molecule has 10 heteroatoms. The van der Waals surface area contributed by atoms with Gasteiger partial charge in [0, 0.05) is 35.9 Å². The monoisotopic (exact) mass is 402 g/mol. The predicted octanol–water partition coefficient (Wildman–Crippen LogP) is 1.43. The number of rotatable bonds is 3. The Hall–Kier alpha value is -3.56. The molecule has 0 bridgehead atoms. The second-order valence-corrected chi connectivity index (χ2v) is 6.80. The van der Waals surface area contributed by atoms with Crippen molar-refractivity contribution in [2.45, 2.75) is 26.3 Å². The minimum absolute atomic E-state index is 0.0793. The van der Waals surface area contributed by atoms with Gasteiger partial charge in [0.15, 0.2) is 0 Å². The molecule has 0 fully saturated rings. The standard InChI is InChI=1S/C19H16F2N4O4/c1-9-13(17(27)24-19(28)22-9)7-16(26)25-3-2-15-14(8-25)23-18(29-15)10-4-11(20)6-12(21)5-10/h4-6H,2-3,7-8H2,1H3,(H2,22,24,27,28). The van der Waals surface area contributed by atoms with Gasteiger partial charge in [-0.15, -0.1) is 0 Å². The molecule has 0 saturated heterocycles. The lowest BCUT2D eigenvalue weighted by Crippen LogP contribution is -2.38. The number of carbonyl (C=O) groups is 1. The molecule has 29 heavy (non-hydrogen) atoms. The van der Waals surface area contributed by atoms with Crippen LogP contribution in [-0.4, -0.2) is 32.3 Å². The van der Waals surface area contributed by atoms with Gasteiger partial charge in [0.05, 0.1) is 13.0 Å². The van der Waals surface area contributed by atoms with Crippen LogP contribution in [0.15, 0.2) is 32.2 Å². The van der Waals surface area contributed by atoms with Gasteiger partial charge in [0.2, 0.25) is 11.8 Å². The summed E-state index contributed by atoms with van der Waals surface area (Å²) in [6.07, 6.45) is 0.208. The molecule has 1 aliphatic heterocycles. The topological polar surface area (TPSA) is 112 Å². The number of carbonyl (C=O) groups excluding carboxylic acids is 1. The van der Waals surface area contributed by atoms with Gasteiger partial charge in [-0.1, -0.05) is 0 Å². The number of aromatic nitrogens is 3. The first kappa shape index (κ1) is 18.8. The van der Waals surface area contributed by atoms with Crippen molar-refractivity contribution in [1.29, 1.82) is 0 Å². The Balaban J connectivity index is 1.55. The zero-order valence-corrected chi connectivity index (χ0v) is 15.3. The van der Waals surface area contributed by atoms with Crippen LogP contribution >= 0.6 is 0 Å². The Kier molecular flexibility index (Phi) is 4.61. The van der Waals surface area contributed by atoms with Crippen LogP contribution in [0, 0.1) is 18.6 Å². The van der Waals surface area contributed by atoms with Crippen molar-refractivity contribution in [2.75, 3.05) is 6.54 Å². The fourth-order valence-electron chi connectivity index (χ4n) is 3.31. The van der Waals surface area contributed by atoms with E-state index in [2.05, 4.69) is 15.0 Å². The van der Waals surface area contributed by atoms with Gasteiger partial charge in [-0.2, -0.15) is 0 Å². The Morgan fingerprint density at radius 1 is 1.21 bits per heavy atom. The van der Waals surface area contributed by atoms with Gasteiger partial charge in [-0.3, -0.25) is 14.6 Å². The van der Waals surface area contributed by atoms with Crippen LogP contribution in [0.3, 0.4) is 0 Å². The van der Waals surface area contributed by atoms with Crippen molar-refractivity contribution in [2.24, 2.45) is 0 Å². The molecule has 0 radical (unpaired) electrons. The second kappa shape index (κ2) is 7.12. The van der Waals surface area contributed by atoms with Crippen LogP contribution in [0.2, 0.25) is 0 Å². The number of hydrogen-bond acceptors (Lipinski definition) is 5. The van der Waals surface area contributed by atoms with E-state index in [-0.39, 0.29) is 35.9 Å². The molecule has 4 rings (SSSR count). The molecule has 2 aromatic heterocycles. The number of halogens is 2. The highest BCUT2D eigenvalue weighted by Gasteiger charge is 2.27. The average molecular weight is 402 g/mol. The lowest BCUT2D eigenvalue weighted by atomic mass is 10.1. The average Bonchev–Trinajstić information content (AvgIpc) is 3.07. The van der Waals surface area contributed by atoms with Gasteiger partial charge >= 0.3 is 5.69 Å². The Morgan fingerprint density at radius 3 is 2.62 bits per heavy atom. The first-order chi connectivity index (χ1) is 13.8. The maximum absolute atomic E-state index is 13.4. The number of benzene rings is 1. The first-order valence-electron chi connectivity index (χ1n) is 8.85. The van der Waals surface area contributed by atoms with Crippen molar-refractivity contribution < 1.29 is 18.0 Å². The summed E-state index contributed by atoms with van der Waals surface area (Å²) in [7, 11) is 0. The molecule has 1 amide bonds. The molecule has 2 N–H and O–H groups in total. The number of amides is 1. The van der Waals surface area contributed by atoms with E-state index in [1.807, 2.05) is 0 Å². The highest BCUT2D eigenvalue weighted by atomic mass is 19.1. The second-order valence-electron chi connectivity index (χ2n) is 6.80. The molecule has 8 nitrogen and oxygen atoms in total. The van der Waals surface area contributed by atoms with Gasteiger partial charge < -0.3 is 14.3 Å². The highest BCUT2D eigenvalue weighted by molar-refractivity contribution is 5.79. The summed E-state index contributed by atoms with van der Waals surface area (Å²) < 4.78 is 32.5. The molecule has 3 aromatic rings. The van der Waals surface area contributed by atoms with Crippen molar-refractivity contribution in [1.82, 2.24) is 19.9 Å². The molecular formula is C19H16F2N4O4. The quantitative estimate of drug-likeness (QED) is 0.688. The number of aromatic amines is 2.